The fraction of sp³-hybridized carbons (Fsp3) is 0.308. The molecule has 0 bridgehead atoms. The fourth-order valence-corrected chi connectivity index (χ4v) is 5.56. The van der Waals surface area contributed by atoms with E-state index in [1.54, 1.807) is 6.07 Å². The van der Waals surface area contributed by atoms with Crippen LogP contribution in [0.1, 0.15) is 42.0 Å². The molecule has 0 saturated heterocycles. The summed E-state index contributed by atoms with van der Waals surface area (Å²) >= 11 is 0. The third-order valence-corrected chi connectivity index (χ3v) is 7.23. The number of sulfonamides is 1. The lowest BCUT2D eigenvalue weighted by atomic mass is 10.1. The van der Waals surface area contributed by atoms with E-state index in [2.05, 4.69) is 34.7 Å². The summed E-state index contributed by atoms with van der Waals surface area (Å²) < 4.78 is 29.7. The van der Waals surface area contributed by atoms with Gasteiger partial charge in [0.15, 0.2) is 0 Å². The van der Waals surface area contributed by atoms with Crippen molar-refractivity contribution in [3.05, 3.63) is 89.0 Å². The van der Waals surface area contributed by atoms with Gasteiger partial charge in [0.2, 0.25) is 0 Å². The molecule has 5 heteroatoms. The van der Waals surface area contributed by atoms with Crippen LogP contribution in [0.2, 0.25) is 0 Å². The van der Waals surface area contributed by atoms with Crippen LogP contribution >= 0.6 is 0 Å². The molecule has 4 rings (SSSR count). The monoisotopic (exact) mass is 434 g/mol. The molecule has 0 atom stereocenters. The molecule has 4 nitrogen and oxygen atoms in total. The molecule has 0 aromatic heterocycles. The zero-order valence-electron chi connectivity index (χ0n) is 18.3. The van der Waals surface area contributed by atoms with Gasteiger partial charge in [0, 0.05) is 18.8 Å². The van der Waals surface area contributed by atoms with Crippen molar-refractivity contribution in [1.82, 2.24) is 0 Å². The lowest BCUT2D eigenvalue weighted by Crippen LogP contribution is -2.26. The third kappa shape index (κ3) is 4.93. The van der Waals surface area contributed by atoms with Crippen LogP contribution < -0.4 is 9.62 Å². The van der Waals surface area contributed by atoms with Gasteiger partial charge >= 0.3 is 0 Å². The van der Waals surface area contributed by atoms with E-state index in [0.717, 1.165) is 49.0 Å². The van der Waals surface area contributed by atoms with Gasteiger partial charge in [-0.05, 0) is 79.1 Å². The van der Waals surface area contributed by atoms with E-state index in [1.807, 2.05) is 49.4 Å². The van der Waals surface area contributed by atoms with Crippen molar-refractivity contribution in [2.45, 2.75) is 51.0 Å². The number of aryl methyl sites for hydroxylation is 3. The van der Waals surface area contributed by atoms with Gasteiger partial charge in [-0.2, -0.15) is 0 Å². The summed E-state index contributed by atoms with van der Waals surface area (Å²) in [5.41, 5.74) is 6.17. The molecular weight excluding hydrogens is 404 g/mol. The van der Waals surface area contributed by atoms with Crippen LogP contribution in [0.5, 0.6) is 0 Å². The molecule has 1 aliphatic rings. The Morgan fingerprint density at radius 2 is 1.71 bits per heavy atom. The second kappa shape index (κ2) is 9.15. The lowest BCUT2D eigenvalue weighted by Gasteiger charge is -2.27. The molecule has 0 radical (unpaired) electrons. The second-order valence-electron chi connectivity index (χ2n) is 8.32. The minimum Gasteiger partial charge on any atom is -0.366 e. The molecule has 0 amide bonds. The van der Waals surface area contributed by atoms with E-state index >= 15 is 0 Å². The number of benzene rings is 3. The lowest BCUT2D eigenvalue weighted by molar-refractivity contribution is 0.600. The van der Waals surface area contributed by atoms with E-state index in [0.29, 0.717) is 17.1 Å². The van der Waals surface area contributed by atoms with Gasteiger partial charge in [-0.15, -0.1) is 0 Å². The molecule has 3 aromatic rings. The Hall–Kier alpha value is -2.79. The van der Waals surface area contributed by atoms with Crippen molar-refractivity contribution in [2.75, 3.05) is 16.2 Å². The molecule has 1 aliphatic carbocycles. The average Bonchev–Trinajstić information content (AvgIpc) is 3.21. The Morgan fingerprint density at radius 1 is 0.935 bits per heavy atom. The fourth-order valence-electron chi connectivity index (χ4n) is 4.31. The highest BCUT2D eigenvalue weighted by molar-refractivity contribution is 7.92. The Labute approximate surface area is 186 Å². The van der Waals surface area contributed by atoms with Crippen molar-refractivity contribution in [1.29, 1.82) is 0 Å². The highest BCUT2D eigenvalue weighted by atomic mass is 32.2. The van der Waals surface area contributed by atoms with Gasteiger partial charge in [-0.3, -0.25) is 4.72 Å². The Bertz CT molecular complexity index is 1160. The maximum atomic E-state index is 13.5. The summed E-state index contributed by atoms with van der Waals surface area (Å²) in [6.07, 6.45) is 4.16. The van der Waals surface area contributed by atoms with Crippen molar-refractivity contribution in [2.24, 2.45) is 0 Å². The van der Waals surface area contributed by atoms with Crippen LogP contribution in [-0.2, 0) is 29.4 Å². The standard InChI is InChI=1S/C26H30N2O2S/c1-3-16-28(19-21-8-5-4-6-9-21)25-17-20(2)12-15-26(25)31(29,30)27-24-14-13-22-10-7-11-23(22)18-24/h4-6,8-9,12-15,17-18,27H,3,7,10-11,16,19H2,1-2H3. The van der Waals surface area contributed by atoms with Gasteiger partial charge < -0.3 is 4.90 Å². The predicted molar refractivity (Wildman–Crippen MR) is 128 cm³/mol. The number of rotatable bonds is 8. The van der Waals surface area contributed by atoms with Crippen LogP contribution in [0.3, 0.4) is 0 Å². The first-order chi connectivity index (χ1) is 15.0. The van der Waals surface area contributed by atoms with Crippen molar-refractivity contribution in [3.63, 3.8) is 0 Å². The van der Waals surface area contributed by atoms with Gasteiger partial charge in [0.25, 0.3) is 10.0 Å². The number of anilines is 2. The molecule has 1 N–H and O–H groups in total. The second-order valence-corrected chi connectivity index (χ2v) is 9.97. The molecule has 0 unspecified atom stereocenters. The molecule has 0 heterocycles. The highest BCUT2D eigenvalue weighted by Gasteiger charge is 2.23. The number of nitrogens with one attached hydrogen (secondary N) is 1. The number of nitrogens with zero attached hydrogens (tertiary/aromatic N) is 1. The smallest absolute Gasteiger partial charge is 0.263 e. The van der Waals surface area contributed by atoms with Crippen LogP contribution in [0.4, 0.5) is 11.4 Å². The predicted octanol–water partition coefficient (Wildman–Crippen LogP) is 5.70. The van der Waals surface area contributed by atoms with Gasteiger partial charge in [-0.1, -0.05) is 49.4 Å². The van der Waals surface area contributed by atoms with Crippen molar-refractivity contribution in [3.8, 4) is 0 Å². The minimum absolute atomic E-state index is 0.322. The maximum absolute atomic E-state index is 13.5. The third-order valence-electron chi connectivity index (χ3n) is 5.81. The van der Waals surface area contributed by atoms with E-state index in [-0.39, 0.29) is 0 Å². The van der Waals surface area contributed by atoms with Gasteiger partial charge in [-0.25, -0.2) is 8.42 Å². The van der Waals surface area contributed by atoms with Crippen LogP contribution in [0.15, 0.2) is 71.6 Å². The van der Waals surface area contributed by atoms with E-state index in [9.17, 15) is 8.42 Å². The summed E-state index contributed by atoms with van der Waals surface area (Å²) in [6, 6.07) is 21.7. The first-order valence-corrected chi connectivity index (χ1v) is 12.5. The molecule has 0 fully saturated rings. The van der Waals surface area contributed by atoms with E-state index in [4.69, 9.17) is 0 Å². The highest BCUT2D eigenvalue weighted by Crippen LogP contribution is 2.31. The topological polar surface area (TPSA) is 49.4 Å². The van der Waals surface area contributed by atoms with Crippen LogP contribution in [0.25, 0.3) is 0 Å². The Morgan fingerprint density at radius 3 is 2.48 bits per heavy atom. The first-order valence-electron chi connectivity index (χ1n) is 11.0. The molecule has 31 heavy (non-hydrogen) atoms. The number of hydrogen-bond acceptors (Lipinski definition) is 3. The molecule has 0 aliphatic heterocycles. The number of hydrogen-bond donors (Lipinski definition) is 1. The SMILES string of the molecule is CCCN(Cc1ccccc1)c1cc(C)ccc1S(=O)(=O)Nc1ccc2c(c1)CCC2. The summed E-state index contributed by atoms with van der Waals surface area (Å²) in [5.74, 6) is 0. The van der Waals surface area contributed by atoms with E-state index in [1.165, 1.54) is 11.1 Å². The molecule has 0 spiro atoms. The normalized spacial score (nSPS) is 13.1. The quantitative estimate of drug-likeness (QED) is 0.495. The zero-order valence-corrected chi connectivity index (χ0v) is 19.1. The summed E-state index contributed by atoms with van der Waals surface area (Å²) in [7, 11) is -3.73. The van der Waals surface area contributed by atoms with Gasteiger partial charge in [0.1, 0.15) is 4.90 Å². The molecule has 162 valence electrons. The number of fused-ring (bicyclic) bond motifs is 1. The maximum Gasteiger partial charge on any atom is 0.263 e. The van der Waals surface area contributed by atoms with Crippen LogP contribution in [-0.4, -0.2) is 15.0 Å². The summed E-state index contributed by atoms with van der Waals surface area (Å²) in [5, 5.41) is 0. The van der Waals surface area contributed by atoms with Crippen molar-refractivity contribution < 1.29 is 8.42 Å². The first kappa shape index (κ1) is 21.4. The summed E-state index contributed by atoms with van der Waals surface area (Å²) in [6.45, 7) is 5.56. The largest absolute Gasteiger partial charge is 0.366 e. The zero-order chi connectivity index (χ0) is 21.8. The van der Waals surface area contributed by atoms with Crippen molar-refractivity contribution >= 4 is 21.4 Å². The van der Waals surface area contributed by atoms with E-state index < -0.39 is 10.0 Å². The molecule has 0 saturated carbocycles. The van der Waals surface area contributed by atoms with Crippen LogP contribution in [0, 0.1) is 6.92 Å². The molecule has 3 aromatic carbocycles. The Balaban J connectivity index is 1.69. The summed E-state index contributed by atoms with van der Waals surface area (Å²) in [4.78, 5) is 2.49. The molecular formula is C26H30N2O2S. The van der Waals surface area contributed by atoms with Gasteiger partial charge in [0.05, 0.1) is 5.69 Å². The average molecular weight is 435 g/mol. The minimum atomic E-state index is -3.73. The Kier molecular flexibility index (Phi) is 6.33.